The van der Waals surface area contributed by atoms with Gasteiger partial charge in [0.15, 0.2) is 0 Å². The first kappa shape index (κ1) is 8.55. The first-order valence-electron chi connectivity index (χ1n) is 5.51. The Balaban J connectivity index is 2.07. The fraction of sp³-hybridized carbons (Fsp3) is 1.00. The monoisotopic (exact) mass is 168 g/mol. The average Bonchev–Trinajstić information content (AvgIpc) is 2.55. The van der Waals surface area contributed by atoms with Crippen molar-refractivity contribution in [1.29, 1.82) is 0 Å². The molecule has 0 amide bonds. The molecule has 1 saturated heterocycles. The second-order valence-electron chi connectivity index (χ2n) is 4.37. The Morgan fingerprint density at radius 2 is 2.08 bits per heavy atom. The van der Waals surface area contributed by atoms with Crippen molar-refractivity contribution in [2.24, 2.45) is 5.92 Å². The minimum atomic E-state index is 0.340. The van der Waals surface area contributed by atoms with Crippen LogP contribution in [0.4, 0.5) is 0 Å². The van der Waals surface area contributed by atoms with E-state index in [9.17, 15) is 0 Å². The highest BCUT2D eigenvalue weighted by molar-refractivity contribution is 4.93. The molecule has 1 nitrogen and oxygen atoms in total. The van der Waals surface area contributed by atoms with Crippen molar-refractivity contribution < 1.29 is 4.74 Å². The third kappa shape index (κ3) is 1.28. The lowest BCUT2D eigenvalue weighted by Crippen LogP contribution is -2.39. The number of hydrogen-bond acceptors (Lipinski definition) is 1. The summed E-state index contributed by atoms with van der Waals surface area (Å²) in [6.07, 6.45) is 9.55. The topological polar surface area (TPSA) is 9.23 Å². The van der Waals surface area contributed by atoms with E-state index < -0.39 is 0 Å². The van der Waals surface area contributed by atoms with Crippen LogP contribution >= 0.6 is 0 Å². The maximum absolute atomic E-state index is 5.98. The summed E-state index contributed by atoms with van der Waals surface area (Å²) in [5.41, 5.74) is 0.340. The van der Waals surface area contributed by atoms with E-state index in [2.05, 4.69) is 6.92 Å². The predicted molar refractivity (Wildman–Crippen MR) is 50.2 cm³/mol. The van der Waals surface area contributed by atoms with Crippen molar-refractivity contribution in [3.63, 3.8) is 0 Å². The lowest BCUT2D eigenvalue weighted by molar-refractivity contribution is -0.0697. The second-order valence-corrected chi connectivity index (χ2v) is 4.37. The van der Waals surface area contributed by atoms with E-state index in [1.54, 1.807) is 0 Å². The van der Waals surface area contributed by atoms with Gasteiger partial charge < -0.3 is 4.74 Å². The van der Waals surface area contributed by atoms with Crippen molar-refractivity contribution in [2.45, 2.75) is 57.5 Å². The molecule has 0 aromatic carbocycles. The van der Waals surface area contributed by atoms with Crippen LogP contribution in [0.2, 0.25) is 0 Å². The molecule has 1 heteroatoms. The van der Waals surface area contributed by atoms with Gasteiger partial charge in [-0.25, -0.2) is 0 Å². The Morgan fingerprint density at radius 1 is 1.25 bits per heavy atom. The van der Waals surface area contributed by atoms with E-state index in [-0.39, 0.29) is 0 Å². The van der Waals surface area contributed by atoms with Gasteiger partial charge in [0.05, 0.1) is 5.60 Å². The molecule has 2 unspecified atom stereocenters. The van der Waals surface area contributed by atoms with Crippen LogP contribution < -0.4 is 0 Å². The van der Waals surface area contributed by atoms with Crippen molar-refractivity contribution in [3.05, 3.63) is 0 Å². The fourth-order valence-corrected chi connectivity index (χ4v) is 3.10. The van der Waals surface area contributed by atoms with Crippen molar-refractivity contribution in [2.75, 3.05) is 6.61 Å². The lowest BCUT2D eigenvalue weighted by atomic mass is 9.73. The molecule has 2 atom stereocenters. The van der Waals surface area contributed by atoms with Crippen molar-refractivity contribution >= 4 is 0 Å². The normalized spacial score (nSPS) is 42.2. The van der Waals surface area contributed by atoms with Crippen LogP contribution in [0.1, 0.15) is 51.9 Å². The molecule has 2 aliphatic rings. The Bertz CT molecular complexity index is 147. The molecule has 12 heavy (non-hydrogen) atoms. The Labute approximate surface area is 75.5 Å². The van der Waals surface area contributed by atoms with Gasteiger partial charge in [0, 0.05) is 6.61 Å². The molecule has 1 aliphatic heterocycles. The van der Waals surface area contributed by atoms with Gasteiger partial charge in [0.25, 0.3) is 0 Å². The first-order chi connectivity index (χ1) is 5.87. The molecule has 1 aliphatic carbocycles. The van der Waals surface area contributed by atoms with Gasteiger partial charge in [0.2, 0.25) is 0 Å². The average molecular weight is 168 g/mol. The molecular formula is C11H20O. The highest BCUT2D eigenvalue weighted by Gasteiger charge is 2.42. The first-order valence-corrected chi connectivity index (χ1v) is 5.51. The summed E-state index contributed by atoms with van der Waals surface area (Å²) >= 11 is 0. The Kier molecular flexibility index (Phi) is 2.40. The molecule has 0 radical (unpaired) electrons. The molecule has 0 aromatic rings. The van der Waals surface area contributed by atoms with E-state index in [1.807, 2.05) is 0 Å². The van der Waals surface area contributed by atoms with Crippen LogP contribution in [0.5, 0.6) is 0 Å². The second kappa shape index (κ2) is 3.37. The SMILES string of the molecule is CCC1CCCCC12CCCO2. The van der Waals surface area contributed by atoms with E-state index in [0.29, 0.717) is 5.60 Å². The lowest BCUT2D eigenvalue weighted by Gasteiger charge is -2.40. The zero-order valence-corrected chi connectivity index (χ0v) is 8.14. The summed E-state index contributed by atoms with van der Waals surface area (Å²) in [6, 6.07) is 0. The van der Waals surface area contributed by atoms with Gasteiger partial charge in [-0.3, -0.25) is 0 Å². The molecule has 1 spiro atoms. The fourth-order valence-electron chi connectivity index (χ4n) is 3.10. The van der Waals surface area contributed by atoms with Crippen LogP contribution in [0.3, 0.4) is 0 Å². The smallest absolute Gasteiger partial charge is 0.0711 e. The zero-order chi connectivity index (χ0) is 8.44. The zero-order valence-electron chi connectivity index (χ0n) is 8.14. The molecule has 0 N–H and O–H groups in total. The molecule has 1 saturated carbocycles. The molecular weight excluding hydrogens is 148 g/mol. The van der Waals surface area contributed by atoms with E-state index in [4.69, 9.17) is 4.74 Å². The number of rotatable bonds is 1. The van der Waals surface area contributed by atoms with Crippen molar-refractivity contribution in [3.8, 4) is 0 Å². The van der Waals surface area contributed by atoms with Crippen LogP contribution in [-0.4, -0.2) is 12.2 Å². The highest BCUT2D eigenvalue weighted by Crippen LogP contribution is 2.44. The van der Waals surface area contributed by atoms with Crippen LogP contribution in [0.15, 0.2) is 0 Å². The van der Waals surface area contributed by atoms with Gasteiger partial charge in [-0.05, 0) is 31.6 Å². The third-order valence-electron chi connectivity index (χ3n) is 3.77. The third-order valence-corrected chi connectivity index (χ3v) is 3.77. The number of ether oxygens (including phenoxy) is 1. The molecule has 0 aromatic heterocycles. The number of hydrogen-bond donors (Lipinski definition) is 0. The van der Waals surface area contributed by atoms with Gasteiger partial charge in [0.1, 0.15) is 0 Å². The largest absolute Gasteiger partial charge is 0.375 e. The van der Waals surface area contributed by atoms with Gasteiger partial charge >= 0.3 is 0 Å². The van der Waals surface area contributed by atoms with Crippen LogP contribution in [0, 0.1) is 5.92 Å². The van der Waals surface area contributed by atoms with Crippen LogP contribution in [-0.2, 0) is 4.74 Å². The van der Waals surface area contributed by atoms with E-state index in [0.717, 1.165) is 12.5 Å². The van der Waals surface area contributed by atoms with E-state index in [1.165, 1.54) is 44.9 Å². The van der Waals surface area contributed by atoms with Crippen LogP contribution in [0.25, 0.3) is 0 Å². The standard InChI is InChI=1S/C11H20O/c1-2-10-6-3-4-7-11(10)8-5-9-12-11/h10H,2-9H2,1H3. The Hall–Kier alpha value is -0.0400. The van der Waals surface area contributed by atoms with Gasteiger partial charge in [-0.15, -0.1) is 0 Å². The molecule has 1 heterocycles. The molecule has 0 bridgehead atoms. The predicted octanol–water partition coefficient (Wildman–Crippen LogP) is 3.14. The summed E-state index contributed by atoms with van der Waals surface area (Å²) in [5.74, 6) is 0.869. The summed E-state index contributed by atoms with van der Waals surface area (Å²) in [4.78, 5) is 0. The minimum absolute atomic E-state index is 0.340. The Morgan fingerprint density at radius 3 is 2.75 bits per heavy atom. The molecule has 2 rings (SSSR count). The summed E-state index contributed by atoms with van der Waals surface area (Å²) in [5, 5.41) is 0. The molecule has 70 valence electrons. The van der Waals surface area contributed by atoms with Gasteiger partial charge in [-0.1, -0.05) is 26.2 Å². The van der Waals surface area contributed by atoms with Crippen molar-refractivity contribution in [1.82, 2.24) is 0 Å². The highest BCUT2D eigenvalue weighted by atomic mass is 16.5. The maximum Gasteiger partial charge on any atom is 0.0711 e. The summed E-state index contributed by atoms with van der Waals surface area (Å²) < 4.78 is 5.98. The summed E-state index contributed by atoms with van der Waals surface area (Å²) in [7, 11) is 0. The summed E-state index contributed by atoms with van der Waals surface area (Å²) in [6.45, 7) is 3.34. The maximum atomic E-state index is 5.98. The van der Waals surface area contributed by atoms with Gasteiger partial charge in [-0.2, -0.15) is 0 Å². The van der Waals surface area contributed by atoms with E-state index >= 15 is 0 Å². The minimum Gasteiger partial charge on any atom is -0.375 e. The quantitative estimate of drug-likeness (QED) is 0.584. The molecule has 2 fully saturated rings.